The Morgan fingerprint density at radius 3 is 2.89 bits per heavy atom. The third-order valence-electron chi connectivity index (χ3n) is 2.33. The monoisotopic (exact) mass is 266 g/mol. The van der Waals surface area contributed by atoms with Gasteiger partial charge in [0.05, 0.1) is 13.0 Å². The fourth-order valence-corrected chi connectivity index (χ4v) is 1.48. The Bertz CT molecular complexity index is 383. The molecule has 106 valence electrons. The van der Waals surface area contributed by atoms with Crippen LogP contribution in [0.4, 0.5) is 5.69 Å². The van der Waals surface area contributed by atoms with Gasteiger partial charge in [0.25, 0.3) is 0 Å². The van der Waals surface area contributed by atoms with Crippen molar-refractivity contribution in [2.45, 2.75) is 19.8 Å². The first-order chi connectivity index (χ1) is 9.26. The summed E-state index contributed by atoms with van der Waals surface area (Å²) < 4.78 is 10.7. The van der Waals surface area contributed by atoms with Gasteiger partial charge in [-0.1, -0.05) is 13.0 Å². The van der Waals surface area contributed by atoms with Gasteiger partial charge in [0.1, 0.15) is 12.4 Å². The fourth-order valence-electron chi connectivity index (χ4n) is 1.48. The van der Waals surface area contributed by atoms with Crippen molar-refractivity contribution in [2.24, 2.45) is 5.73 Å². The molecule has 0 saturated heterocycles. The number of carbonyl (C=O) groups is 1. The van der Waals surface area contributed by atoms with E-state index in [0.717, 1.165) is 12.1 Å². The van der Waals surface area contributed by atoms with E-state index in [-0.39, 0.29) is 5.91 Å². The first-order valence-electron chi connectivity index (χ1n) is 6.56. The Morgan fingerprint density at radius 1 is 1.32 bits per heavy atom. The zero-order valence-corrected chi connectivity index (χ0v) is 11.4. The molecule has 0 aliphatic rings. The lowest BCUT2D eigenvalue weighted by Crippen LogP contribution is -2.14. The highest BCUT2D eigenvalue weighted by molar-refractivity contribution is 5.90. The predicted molar refractivity (Wildman–Crippen MR) is 75.3 cm³/mol. The molecule has 1 amide bonds. The number of rotatable bonds is 9. The number of nitrogens with two attached hydrogens (primary N) is 1. The maximum Gasteiger partial charge on any atom is 0.226 e. The maximum absolute atomic E-state index is 11.6. The van der Waals surface area contributed by atoms with Gasteiger partial charge in [0.15, 0.2) is 0 Å². The van der Waals surface area contributed by atoms with Crippen LogP contribution >= 0.6 is 0 Å². The second-order valence-corrected chi connectivity index (χ2v) is 4.08. The highest BCUT2D eigenvalue weighted by atomic mass is 16.5. The normalized spacial score (nSPS) is 10.2. The zero-order valence-electron chi connectivity index (χ0n) is 11.4. The Balaban J connectivity index is 2.36. The van der Waals surface area contributed by atoms with Crippen molar-refractivity contribution in [1.29, 1.82) is 0 Å². The number of anilines is 1. The van der Waals surface area contributed by atoms with E-state index in [1.807, 2.05) is 25.1 Å². The maximum atomic E-state index is 11.6. The summed E-state index contributed by atoms with van der Waals surface area (Å²) in [5, 5.41) is 2.81. The van der Waals surface area contributed by atoms with Crippen LogP contribution in [-0.4, -0.2) is 32.3 Å². The van der Waals surface area contributed by atoms with Crippen LogP contribution in [0.2, 0.25) is 0 Å². The minimum absolute atomic E-state index is 0.0629. The van der Waals surface area contributed by atoms with Crippen LogP contribution in [0.5, 0.6) is 5.75 Å². The fraction of sp³-hybridized carbons (Fsp3) is 0.500. The average Bonchev–Trinajstić information content (AvgIpc) is 2.42. The van der Waals surface area contributed by atoms with Crippen molar-refractivity contribution >= 4 is 11.6 Å². The van der Waals surface area contributed by atoms with Crippen molar-refractivity contribution in [1.82, 2.24) is 0 Å². The van der Waals surface area contributed by atoms with Gasteiger partial charge in [-0.15, -0.1) is 0 Å². The number of carbonyl (C=O) groups excluding carboxylic acids is 1. The number of nitrogens with one attached hydrogen (secondary N) is 1. The van der Waals surface area contributed by atoms with Crippen LogP contribution in [0.15, 0.2) is 24.3 Å². The summed E-state index contributed by atoms with van der Waals surface area (Å²) in [5.41, 5.74) is 6.08. The number of amides is 1. The molecule has 0 aromatic heterocycles. The third kappa shape index (κ3) is 6.79. The molecule has 0 bridgehead atoms. The Hall–Kier alpha value is -1.59. The second kappa shape index (κ2) is 9.35. The number of benzene rings is 1. The Morgan fingerprint density at radius 2 is 2.16 bits per heavy atom. The van der Waals surface area contributed by atoms with Gasteiger partial charge in [0, 0.05) is 24.9 Å². The molecule has 1 aromatic rings. The van der Waals surface area contributed by atoms with Gasteiger partial charge in [-0.3, -0.25) is 4.79 Å². The van der Waals surface area contributed by atoms with Crippen LogP contribution < -0.4 is 15.8 Å². The van der Waals surface area contributed by atoms with E-state index in [4.69, 9.17) is 15.2 Å². The molecule has 5 nitrogen and oxygen atoms in total. The number of hydrogen-bond donors (Lipinski definition) is 2. The predicted octanol–water partition coefficient (Wildman–Crippen LogP) is 1.78. The molecule has 0 saturated carbocycles. The van der Waals surface area contributed by atoms with Crippen LogP contribution in [0.3, 0.4) is 0 Å². The van der Waals surface area contributed by atoms with Crippen LogP contribution in [0.1, 0.15) is 19.8 Å². The summed E-state index contributed by atoms with van der Waals surface area (Å²) in [6.45, 7) is 4.10. The van der Waals surface area contributed by atoms with Crippen molar-refractivity contribution in [3.05, 3.63) is 24.3 Å². The molecule has 0 spiro atoms. The third-order valence-corrected chi connectivity index (χ3v) is 2.33. The molecule has 1 rings (SSSR count). The Kier molecular flexibility index (Phi) is 7.62. The first kappa shape index (κ1) is 15.5. The lowest BCUT2D eigenvalue weighted by molar-refractivity contribution is -0.117. The molecule has 0 unspecified atom stereocenters. The molecule has 19 heavy (non-hydrogen) atoms. The highest BCUT2D eigenvalue weighted by Crippen LogP contribution is 2.17. The van der Waals surface area contributed by atoms with Gasteiger partial charge >= 0.3 is 0 Å². The van der Waals surface area contributed by atoms with Crippen molar-refractivity contribution in [3.63, 3.8) is 0 Å². The minimum atomic E-state index is -0.0629. The molecule has 0 aliphatic heterocycles. The molecule has 3 N–H and O–H groups in total. The van der Waals surface area contributed by atoms with E-state index in [1.165, 1.54) is 0 Å². The SMILES string of the molecule is CCCOCCC(=O)Nc1cccc(OCCN)c1. The van der Waals surface area contributed by atoms with Gasteiger partial charge < -0.3 is 20.5 Å². The quantitative estimate of drug-likeness (QED) is 0.668. The van der Waals surface area contributed by atoms with Crippen molar-refractivity contribution in [3.8, 4) is 5.75 Å². The van der Waals surface area contributed by atoms with Gasteiger partial charge in [-0.05, 0) is 18.6 Å². The highest BCUT2D eigenvalue weighted by Gasteiger charge is 2.03. The van der Waals surface area contributed by atoms with Crippen molar-refractivity contribution in [2.75, 3.05) is 31.7 Å². The molecule has 1 aromatic carbocycles. The molecule has 0 fully saturated rings. The molecular weight excluding hydrogens is 244 g/mol. The number of ether oxygens (including phenoxy) is 2. The molecule has 0 heterocycles. The van der Waals surface area contributed by atoms with E-state index in [0.29, 0.717) is 38.5 Å². The first-order valence-corrected chi connectivity index (χ1v) is 6.56. The van der Waals surface area contributed by atoms with E-state index in [9.17, 15) is 4.79 Å². The molecule has 0 radical (unpaired) electrons. The van der Waals surface area contributed by atoms with E-state index in [1.54, 1.807) is 6.07 Å². The molecule has 5 heteroatoms. The van der Waals surface area contributed by atoms with Crippen molar-refractivity contribution < 1.29 is 14.3 Å². The van der Waals surface area contributed by atoms with E-state index >= 15 is 0 Å². The molecule has 0 atom stereocenters. The largest absolute Gasteiger partial charge is 0.492 e. The summed E-state index contributed by atoms with van der Waals surface area (Å²) in [5.74, 6) is 0.637. The van der Waals surface area contributed by atoms with Crippen LogP contribution in [0, 0.1) is 0 Å². The zero-order chi connectivity index (χ0) is 13.9. The summed E-state index contributed by atoms with van der Waals surface area (Å²) >= 11 is 0. The standard InChI is InChI=1S/C14H22N2O3/c1-2-8-18-9-6-14(17)16-12-4-3-5-13(11-12)19-10-7-15/h3-5,11H,2,6-10,15H2,1H3,(H,16,17). The van der Waals surface area contributed by atoms with E-state index in [2.05, 4.69) is 5.32 Å². The minimum Gasteiger partial charge on any atom is -0.492 e. The summed E-state index contributed by atoms with van der Waals surface area (Å²) in [4.78, 5) is 11.6. The average molecular weight is 266 g/mol. The van der Waals surface area contributed by atoms with Gasteiger partial charge in [-0.2, -0.15) is 0 Å². The lowest BCUT2D eigenvalue weighted by Gasteiger charge is -2.08. The summed E-state index contributed by atoms with van der Waals surface area (Å²) in [6, 6.07) is 7.26. The Labute approximate surface area is 114 Å². The topological polar surface area (TPSA) is 73.6 Å². The van der Waals surface area contributed by atoms with Gasteiger partial charge in [0.2, 0.25) is 5.91 Å². The number of hydrogen-bond acceptors (Lipinski definition) is 4. The van der Waals surface area contributed by atoms with E-state index < -0.39 is 0 Å². The summed E-state index contributed by atoms with van der Waals surface area (Å²) in [6.07, 6.45) is 1.32. The smallest absolute Gasteiger partial charge is 0.226 e. The molecule has 0 aliphatic carbocycles. The van der Waals surface area contributed by atoms with Gasteiger partial charge in [-0.25, -0.2) is 0 Å². The lowest BCUT2D eigenvalue weighted by atomic mass is 10.3. The van der Waals surface area contributed by atoms with Crippen LogP contribution in [0.25, 0.3) is 0 Å². The molecular formula is C14H22N2O3. The van der Waals surface area contributed by atoms with Crippen LogP contribution in [-0.2, 0) is 9.53 Å². The summed E-state index contributed by atoms with van der Waals surface area (Å²) in [7, 11) is 0. The second-order valence-electron chi connectivity index (χ2n) is 4.08.